The smallest absolute Gasteiger partial charge is 0.410 e. The van der Waals surface area contributed by atoms with Crippen LogP contribution in [0.3, 0.4) is 0 Å². The Bertz CT molecular complexity index is 1490. The van der Waals surface area contributed by atoms with Gasteiger partial charge in [-0.05, 0) is 43.0 Å². The summed E-state index contributed by atoms with van der Waals surface area (Å²) < 4.78 is 77.3. The number of ether oxygens (including phenoxy) is 14. The van der Waals surface area contributed by atoms with Crippen molar-refractivity contribution in [1.82, 2.24) is 9.80 Å². The van der Waals surface area contributed by atoms with Crippen molar-refractivity contribution in [1.29, 1.82) is 0 Å². The summed E-state index contributed by atoms with van der Waals surface area (Å²) in [4.78, 5) is 27.6. The Morgan fingerprint density at radius 2 is 0.667 bits per heavy atom. The molecule has 2 aromatic rings. The van der Waals surface area contributed by atoms with Gasteiger partial charge in [0.2, 0.25) is 0 Å². The molecule has 2 aromatic carbocycles. The summed E-state index contributed by atoms with van der Waals surface area (Å²) in [6.45, 7) is 17.8. The van der Waals surface area contributed by atoms with E-state index in [1.165, 1.54) is 32.1 Å². The first kappa shape index (κ1) is 56.8. The molecule has 0 N–H and O–H groups in total. The first-order chi connectivity index (χ1) is 32.2. The second kappa shape index (κ2) is 36.5. The molecule has 2 amide bonds. The van der Waals surface area contributed by atoms with E-state index in [0.717, 1.165) is 0 Å². The lowest BCUT2D eigenvalue weighted by Crippen LogP contribution is -2.36. The lowest BCUT2D eigenvalue weighted by atomic mass is 9.98. The molecule has 0 heterocycles. The average Bonchev–Trinajstić information content (AvgIpc) is 3.62. The molecule has 0 saturated carbocycles. The first-order valence-electron chi connectivity index (χ1n) is 23.1. The standard InChI is InChI=1S/C48H78N2O16/c1-48(2,3)66-47(52)50(5)15-17-54-19-21-56-23-25-58-27-29-60-31-33-62-35-37-64-39-38-63-36-34-61-32-30-59-28-26-57-24-22-55-20-18-53-16-14-49(4)46(51)65-40-45-43-12-8-6-10-41(43)42-11-7-9-13-44(42)45/h6-13,45H,14-40H2,1-5H3. The van der Waals surface area contributed by atoms with Crippen molar-refractivity contribution in [3.8, 4) is 11.1 Å². The second-order valence-corrected chi connectivity index (χ2v) is 16.0. The normalized spacial score (nSPS) is 12.3. The minimum absolute atomic E-state index is 0.0324. The van der Waals surface area contributed by atoms with Gasteiger partial charge in [0.1, 0.15) is 12.2 Å². The summed E-state index contributed by atoms with van der Waals surface area (Å²) >= 11 is 0. The molecule has 0 aromatic heterocycles. The van der Waals surface area contributed by atoms with Crippen molar-refractivity contribution in [3.05, 3.63) is 59.7 Å². The van der Waals surface area contributed by atoms with Crippen LogP contribution in [0.15, 0.2) is 48.5 Å². The van der Waals surface area contributed by atoms with E-state index in [9.17, 15) is 9.59 Å². The lowest BCUT2D eigenvalue weighted by Gasteiger charge is -2.24. The number of fused-ring (bicyclic) bond motifs is 3. The van der Waals surface area contributed by atoms with Crippen LogP contribution in [-0.4, -0.2) is 220 Å². The van der Waals surface area contributed by atoms with Crippen molar-refractivity contribution < 1.29 is 75.9 Å². The molecule has 376 valence electrons. The van der Waals surface area contributed by atoms with Gasteiger partial charge >= 0.3 is 12.2 Å². The van der Waals surface area contributed by atoms with E-state index in [1.54, 1.807) is 14.1 Å². The minimum atomic E-state index is -0.518. The van der Waals surface area contributed by atoms with Crippen molar-refractivity contribution in [2.24, 2.45) is 0 Å². The highest BCUT2D eigenvalue weighted by Gasteiger charge is 2.29. The fourth-order valence-electron chi connectivity index (χ4n) is 6.15. The molecule has 0 bridgehead atoms. The quantitative estimate of drug-likeness (QED) is 0.0822. The van der Waals surface area contributed by atoms with E-state index in [1.807, 2.05) is 45.0 Å². The largest absolute Gasteiger partial charge is 0.448 e. The highest BCUT2D eigenvalue weighted by molar-refractivity contribution is 5.79. The Morgan fingerprint density at radius 1 is 0.409 bits per heavy atom. The molecule has 0 atom stereocenters. The summed E-state index contributed by atoms with van der Waals surface area (Å²) in [5.74, 6) is 0.0324. The third kappa shape index (κ3) is 26.7. The summed E-state index contributed by atoms with van der Waals surface area (Å²) in [5, 5.41) is 0. The second-order valence-electron chi connectivity index (χ2n) is 16.0. The van der Waals surface area contributed by atoms with Crippen LogP contribution < -0.4 is 0 Å². The highest BCUT2D eigenvalue weighted by Crippen LogP contribution is 2.44. The molecule has 18 nitrogen and oxygen atoms in total. The number of nitrogens with zero attached hydrogens (tertiary/aromatic N) is 2. The molecule has 3 rings (SSSR count). The number of benzene rings is 2. The zero-order chi connectivity index (χ0) is 47.3. The van der Waals surface area contributed by atoms with Crippen molar-refractivity contribution >= 4 is 12.2 Å². The van der Waals surface area contributed by atoms with Crippen molar-refractivity contribution in [2.45, 2.75) is 32.3 Å². The topological polar surface area (TPSA) is 170 Å². The summed E-state index contributed by atoms with van der Waals surface area (Å²) in [7, 11) is 3.39. The number of amides is 2. The maximum atomic E-state index is 12.6. The van der Waals surface area contributed by atoms with Gasteiger partial charge in [-0.3, -0.25) is 0 Å². The van der Waals surface area contributed by atoms with E-state index >= 15 is 0 Å². The number of carbonyl (C=O) groups is 2. The van der Waals surface area contributed by atoms with E-state index in [0.29, 0.717) is 178 Å². The predicted molar refractivity (Wildman–Crippen MR) is 246 cm³/mol. The Balaban J connectivity index is 0.931. The zero-order valence-corrected chi connectivity index (χ0v) is 40.2. The third-order valence-corrected chi connectivity index (χ3v) is 9.59. The van der Waals surface area contributed by atoms with Crippen molar-refractivity contribution in [2.75, 3.05) is 192 Å². The van der Waals surface area contributed by atoms with Gasteiger partial charge in [0, 0.05) is 33.1 Å². The van der Waals surface area contributed by atoms with Gasteiger partial charge in [0.15, 0.2) is 0 Å². The van der Waals surface area contributed by atoms with Crippen molar-refractivity contribution in [3.63, 3.8) is 0 Å². The number of rotatable bonds is 41. The molecule has 66 heavy (non-hydrogen) atoms. The highest BCUT2D eigenvalue weighted by atomic mass is 16.6. The molecule has 0 unspecified atom stereocenters. The van der Waals surface area contributed by atoms with E-state index in [2.05, 4.69) is 24.3 Å². The van der Waals surface area contributed by atoms with Crippen LogP contribution in [0, 0.1) is 0 Å². The van der Waals surface area contributed by atoms with Crippen LogP contribution in [0.1, 0.15) is 37.8 Å². The molecule has 0 radical (unpaired) electrons. The third-order valence-electron chi connectivity index (χ3n) is 9.59. The van der Waals surface area contributed by atoms with E-state index < -0.39 is 5.60 Å². The Morgan fingerprint density at radius 3 is 0.955 bits per heavy atom. The fraction of sp³-hybridized carbons (Fsp3) is 0.708. The monoisotopic (exact) mass is 939 g/mol. The van der Waals surface area contributed by atoms with Gasteiger partial charge in [-0.25, -0.2) is 9.59 Å². The molecule has 0 aliphatic heterocycles. The predicted octanol–water partition coefficient (Wildman–Crippen LogP) is 4.93. The number of carbonyl (C=O) groups excluding carboxylic acids is 2. The summed E-state index contributed by atoms with van der Waals surface area (Å²) in [5.41, 5.74) is 4.26. The molecular formula is C48H78N2O16. The Labute approximate surface area is 392 Å². The number of hydrogen-bond acceptors (Lipinski definition) is 16. The summed E-state index contributed by atoms with van der Waals surface area (Å²) in [6.07, 6.45) is -0.738. The molecule has 18 heteroatoms. The van der Waals surface area contributed by atoms with Gasteiger partial charge in [-0.1, -0.05) is 48.5 Å². The molecule has 0 saturated heterocycles. The van der Waals surface area contributed by atoms with Crippen LogP contribution in [-0.2, 0) is 66.3 Å². The van der Waals surface area contributed by atoms with E-state index in [-0.39, 0.29) is 18.1 Å². The van der Waals surface area contributed by atoms with Gasteiger partial charge in [-0.15, -0.1) is 0 Å². The Hall–Kier alpha value is -3.50. The fourth-order valence-corrected chi connectivity index (χ4v) is 6.15. The number of likely N-dealkylation sites (N-methyl/N-ethyl adjacent to an activating group) is 2. The van der Waals surface area contributed by atoms with Gasteiger partial charge < -0.3 is 76.1 Å². The minimum Gasteiger partial charge on any atom is -0.448 e. The van der Waals surface area contributed by atoms with Gasteiger partial charge in [0.05, 0.1) is 159 Å². The molecule has 1 aliphatic rings. The molecule has 1 aliphatic carbocycles. The Kier molecular flexibility index (Phi) is 31.4. The SMILES string of the molecule is CN(CCOCCOCCOCCOCCOCCOCCOCCOCCOCCOCCOCCOCCN(C)C(=O)OC(C)(C)C)C(=O)OCC1c2ccccc2-c2ccccc21. The summed E-state index contributed by atoms with van der Waals surface area (Å²) in [6, 6.07) is 16.6. The van der Waals surface area contributed by atoms with Crippen LogP contribution in [0.25, 0.3) is 11.1 Å². The molecule has 0 fully saturated rings. The maximum absolute atomic E-state index is 12.6. The van der Waals surface area contributed by atoms with Crippen LogP contribution in [0.4, 0.5) is 9.59 Å². The molecular weight excluding hydrogens is 861 g/mol. The number of hydrogen-bond donors (Lipinski definition) is 0. The van der Waals surface area contributed by atoms with Gasteiger partial charge in [0.25, 0.3) is 0 Å². The first-order valence-corrected chi connectivity index (χ1v) is 23.1. The zero-order valence-electron chi connectivity index (χ0n) is 40.2. The van der Waals surface area contributed by atoms with Crippen LogP contribution in [0.5, 0.6) is 0 Å². The van der Waals surface area contributed by atoms with Crippen LogP contribution in [0.2, 0.25) is 0 Å². The van der Waals surface area contributed by atoms with E-state index in [4.69, 9.17) is 66.3 Å². The van der Waals surface area contributed by atoms with Crippen LogP contribution >= 0.6 is 0 Å². The average molecular weight is 939 g/mol. The molecule has 0 spiro atoms. The lowest BCUT2D eigenvalue weighted by molar-refractivity contribution is -0.0286. The van der Waals surface area contributed by atoms with Gasteiger partial charge in [-0.2, -0.15) is 0 Å². The maximum Gasteiger partial charge on any atom is 0.410 e.